The third kappa shape index (κ3) is 3.35. The Balaban J connectivity index is 1.41. The zero-order chi connectivity index (χ0) is 19.8. The smallest absolute Gasteiger partial charge is 0.408 e. The van der Waals surface area contributed by atoms with Crippen LogP contribution in [0.1, 0.15) is 11.1 Å². The molecule has 1 saturated heterocycles. The molecular formula is C21H24N4O3. The van der Waals surface area contributed by atoms with Crippen LogP contribution >= 0.6 is 0 Å². The number of hydrogen-bond acceptors (Lipinski definition) is 4. The zero-order valence-corrected chi connectivity index (χ0v) is 16.4. The first kappa shape index (κ1) is 18.2. The first-order valence-electron chi connectivity index (χ1n) is 9.40. The number of fused-ring (bicyclic) bond motifs is 1. The van der Waals surface area contributed by atoms with E-state index in [0.717, 1.165) is 13.1 Å². The van der Waals surface area contributed by atoms with E-state index in [4.69, 9.17) is 4.42 Å². The highest BCUT2D eigenvalue weighted by Gasteiger charge is 2.22. The molecule has 7 nitrogen and oxygen atoms in total. The lowest BCUT2D eigenvalue weighted by molar-refractivity contribution is 0.208. The van der Waals surface area contributed by atoms with E-state index in [9.17, 15) is 9.59 Å². The van der Waals surface area contributed by atoms with Crippen molar-refractivity contribution in [2.75, 3.05) is 36.4 Å². The van der Waals surface area contributed by atoms with Gasteiger partial charge in [0.05, 0.1) is 5.52 Å². The first-order valence-corrected chi connectivity index (χ1v) is 9.40. The second kappa shape index (κ2) is 7.07. The number of hydrogen-bond donors (Lipinski definition) is 1. The fraction of sp³-hybridized carbons (Fsp3) is 0.333. The molecule has 1 fully saturated rings. The van der Waals surface area contributed by atoms with Crippen LogP contribution in [0.15, 0.2) is 45.6 Å². The van der Waals surface area contributed by atoms with Crippen LogP contribution in [0, 0.1) is 13.8 Å². The molecule has 2 amide bonds. The van der Waals surface area contributed by atoms with Gasteiger partial charge in [0, 0.05) is 50.7 Å². The number of oxazole rings is 1. The van der Waals surface area contributed by atoms with E-state index < -0.39 is 5.76 Å². The van der Waals surface area contributed by atoms with Crippen LogP contribution in [-0.4, -0.2) is 41.7 Å². The number of anilines is 2. The van der Waals surface area contributed by atoms with Gasteiger partial charge < -0.3 is 19.5 Å². The molecule has 0 saturated carbocycles. The van der Waals surface area contributed by atoms with E-state index >= 15 is 0 Å². The van der Waals surface area contributed by atoms with Gasteiger partial charge in [0.15, 0.2) is 5.58 Å². The number of urea groups is 1. The minimum Gasteiger partial charge on any atom is -0.408 e. The van der Waals surface area contributed by atoms with Crippen LogP contribution in [0.3, 0.4) is 0 Å². The second-order valence-electron chi connectivity index (χ2n) is 7.30. The summed E-state index contributed by atoms with van der Waals surface area (Å²) in [5, 5.41) is 2.90. The Morgan fingerprint density at radius 1 is 1.04 bits per heavy atom. The van der Waals surface area contributed by atoms with Crippen molar-refractivity contribution in [1.29, 1.82) is 0 Å². The number of amides is 2. The molecule has 0 unspecified atom stereocenters. The molecule has 4 rings (SSSR count). The Hall–Kier alpha value is -3.22. The third-order valence-electron chi connectivity index (χ3n) is 5.32. The summed E-state index contributed by atoms with van der Waals surface area (Å²) in [5.74, 6) is -0.416. The maximum absolute atomic E-state index is 12.6. The number of piperazine rings is 1. The summed E-state index contributed by atoms with van der Waals surface area (Å²) in [7, 11) is 1.65. The lowest BCUT2D eigenvalue weighted by Crippen LogP contribution is -2.50. The molecule has 1 N–H and O–H groups in total. The molecule has 3 aromatic rings. The molecule has 146 valence electrons. The van der Waals surface area contributed by atoms with Gasteiger partial charge in [0.25, 0.3) is 0 Å². The number of nitrogens with zero attached hydrogens (tertiary/aromatic N) is 3. The van der Waals surface area contributed by atoms with Crippen molar-refractivity contribution in [3.05, 3.63) is 58.1 Å². The predicted octanol–water partition coefficient (Wildman–Crippen LogP) is 3.10. The largest absolute Gasteiger partial charge is 0.419 e. The van der Waals surface area contributed by atoms with Crippen molar-refractivity contribution in [2.45, 2.75) is 13.8 Å². The summed E-state index contributed by atoms with van der Waals surface area (Å²) >= 11 is 0. The molecule has 1 aliphatic rings. The number of rotatable bonds is 2. The van der Waals surface area contributed by atoms with Gasteiger partial charge >= 0.3 is 11.8 Å². The van der Waals surface area contributed by atoms with Crippen LogP contribution in [0.5, 0.6) is 0 Å². The lowest BCUT2D eigenvalue weighted by Gasteiger charge is -2.36. The van der Waals surface area contributed by atoms with Gasteiger partial charge in [-0.25, -0.2) is 9.59 Å². The van der Waals surface area contributed by atoms with E-state index in [1.54, 1.807) is 25.2 Å². The zero-order valence-electron chi connectivity index (χ0n) is 16.4. The molecule has 28 heavy (non-hydrogen) atoms. The summed E-state index contributed by atoms with van der Waals surface area (Å²) in [6.07, 6.45) is 0. The number of aromatic nitrogens is 1. The molecule has 1 aromatic heterocycles. The van der Waals surface area contributed by atoms with Crippen molar-refractivity contribution in [1.82, 2.24) is 9.47 Å². The van der Waals surface area contributed by atoms with E-state index in [1.807, 2.05) is 4.90 Å². The fourth-order valence-corrected chi connectivity index (χ4v) is 3.62. The van der Waals surface area contributed by atoms with Crippen molar-refractivity contribution in [3.63, 3.8) is 0 Å². The molecule has 0 bridgehead atoms. The van der Waals surface area contributed by atoms with Gasteiger partial charge in [-0.2, -0.15) is 0 Å². The summed E-state index contributed by atoms with van der Waals surface area (Å²) < 4.78 is 6.62. The van der Waals surface area contributed by atoms with Crippen molar-refractivity contribution >= 4 is 28.5 Å². The minimum absolute atomic E-state index is 0.141. The summed E-state index contributed by atoms with van der Waals surface area (Å²) in [5.41, 5.74) is 5.51. The highest BCUT2D eigenvalue weighted by atomic mass is 16.4. The van der Waals surface area contributed by atoms with Crippen LogP contribution in [0.2, 0.25) is 0 Å². The SMILES string of the molecule is Cc1ccc(C)c(N2CCN(C(=O)Nc3ccc4c(c3)oc(=O)n4C)CC2)c1. The molecule has 0 radical (unpaired) electrons. The van der Waals surface area contributed by atoms with Gasteiger partial charge in [-0.1, -0.05) is 12.1 Å². The maximum Gasteiger partial charge on any atom is 0.419 e. The van der Waals surface area contributed by atoms with Crippen molar-refractivity contribution < 1.29 is 9.21 Å². The number of nitrogens with one attached hydrogen (secondary N) is 1. The van der Waals surface area contributed by atoms with Crippen LogP contribution in [0.4, 0.5) is 16.2 Å². The van der Waals surface area contributed by atoms with Crippen molar-refractivity contribution in [2.24, 2.45) is 7.05 Å². The molecule has 2 heterocycles. The fourth-order valence-electron chi connectivity index (χ4n) is 3.62. The Morgan fingerprint density at radius 2 is 1.79 bits per heavy atom. The van der Waals surface area contributed by atoms with Gasteiger partial charge in [0.1, 0.15) is 0 Å². The number of benzene rings is 2. The first-order chi connectivity index (χ1) is 13.4. The molecular weight excluding hydrogens is 356 g/mol. The van der Waals surface area contributed by atoms with Crippen molar-refractivity contribution in [3.8, 4) is 0 Å². The van der Waals surface area contributed by atoms with Crippen LogP contribution < -0.4 is 16.0 Å². The number of carbonyl (C=O) groups is 1. The van der Waals surface area contributed by atoms with Gasteiger partial charge in [-0.15, -0.1) is 0 Å². The molecule has 0 atom stereocenters. The highest BCUT2D eigenvalue weighted by molar-refractivity contribution is 5.91. The predicted molar refractivity (Wildman–Crippen MR) is 110 cm³/mol. The number of carbonyl (C=O) groups excluding carboxylic acids is 1. The Labute approximate surface area is 163 Å². The molecule has 1 aliphatic heterocycles. The Kier molecular flexibility index (Phi) is 4.58. The minimum atomic E-state index is -0.416. The Bertz CT molecular complexity index is 1090. The molecule has 7 heteroatoms. The van der Waals surface area contributed by atoms with Gasteiger partial charge in [0.2, 0.25) is 0 Å². The quantitative estimate of drug-likeness (QED) is 0.742. The molecule has 0 spiro atoms. The summed E-state index contributed by atoms with van der Waals surface area (Å²) in [4.78, 5) is 28.4. The van der Waals surface area contributed by atoms with E-state index in [0.29, 0.717) is 29.9 Å². The summed E-state index contributed by atoms with van der Waals surface area (Å²) in [6.45, 7) is 7.11. The average molecular weight is 380 g/mol. The van der Waals surface area contributed by atoms with Crippen LogP contribution in [-0.2, 0) is 7.05 Å². The van der Waals surface area contributed by atoms with E-state index in [1.165, 1.54) is 21.4 Å². The number of aryl methyl sites for hydroxylation is 3. The van der Waals surface area contributed by atoms with Gasteiger partial charge in [-0.05, 0) is 43.2 Å². The highest BCUT2D eigenvalue weighted by Crippen LogP contribution is 2.23. The monoisotopic (exact) mass is 380 g/mol. The molecule has 0 aliphatic carbocycles. The standard InChI is InChI=1S/C21H24N4O3/c1-14-4-5-15(2)18(12-14)24-8-10-25(11-9-24)20(26)22-16-6-7-17-19(13-16)28-21(27)23(17)3/h4-7,12-13H,8-11H2,1-3H3,(H,22,26). The topological polar surface area (TPSA) is 70.7 Å². The molecule has 2 aromatic carbocycles. The summed E-state index contributed by atoms with van der Waals surface area (Å²) in [6, 6.07) is 11.6. The third-order valence-corrected chi connectivity index (χ3v) is 5.32. The second-order valence-corrected chi connectivity index (χ2v) is 7.30. The van der Waals surface area contributed by atoms with Gasteiger partial charge in [-0.3, -0.25) is 4.57 Å². The van der Waals surface area contributed by atoms with Crippen LogP contribution in [0.25, 0.3) is 11.1 Å². The lowest BCUT2D eigenvalue weighted by atomic mass is 10.1. The van der Waals surface area contributed by atoms with E-state index in [2.05, 4.69) is 42.3 Å². The maximum atomic E-state index is 12.6. The van der Waals surface area contributed by atoms with E-state index in [-0.39, 0.29) is 6.03 Å². The normalized spacial score (nSPS) is 14.5. The Morgan fingerprint density at radius 3 is 2.54 bits per heavy atom. The average Bonchev–Trinajstić information content (AvgIpc) is 2.97.